The van der Waals surface area contributed by atoms with Crippen LogP contribution in [-0.4, -0.2) is 42.2 Å². The van der Waals surface area contributed by atoms with Crippen LogP contribution in [0.2, 0.25) is 0 Å². The minimum atomic E-state index is -1.14. The van der Waals surface area contributed by atoms with Crippen molar-refractivity contribution >= 4 is 17.7 Å². The molecular formula is C20H23N3O4. The third-order valence-electron chi connectivity index (χ3n) is 4.31. The van der Waals surface area contributed by atoms with Crippen LogP contribution >= 0.6 is 0 Å². The lowest BCUT2D eigenvalue weighted by Gasteiger charge is -2.36. The number of ether oxygens (including phenoxy) is 2. The SMILES string of the molecule is C[C@@H]1CN(c2ccc(C(=O)O[C@H](C(N)=O)c3ccccc3)cn2)C[C@@H](C)O1. The molecule has 7 heteroatoms. The molecule has 2 aromatic rings. The van der Waals surface area contributed by atoms with E-state index in [0.29, 0.717) is 5.56 Å². The zero-order valence-electron chi connectivity index (χ0n) is 15.4. The Balaban J connectivity index is 1.71. The Morgan fingerprint density at radius 1 is 1.15 bits per heavy atom. The summed E-state index contributed by atoms with van der Waals surface area (Å²) in [6.07, 6.45) is 0.537. The monoisotopic (exact) mass is 369 g/mol. The molecule has 1 aliphatic rings. The van der Waals surface area contributed by atoms with Crippen LogP contribution in [-0.2, 0) is 14.3 Å². The van der Waals surface area contributed by atoms with Crippen molar-refractivity contribution in [3.8, 4) is 0 Å². The number of rotatable bonds is 5. The summed E-state index contributed by atoms with van der Waals surface area (Å²) < 4.78 is 11.0. The summed E-state index contributed by atoms with van der Waals surface area (Å²) >= 11 is 0. The molecule has 142 valence electrons. The Hall–Kier alpha value is -2.93. The fourth-order valence-corrected chi connectivity index (χ4v) is 3.15. The molecule has 1 aliphatic heterocycles. The van der Waals surface area contributed by atoms with Gasteiger partial charge >= 0.3 is 5.97 Å². The number of nitrogens with two attached hydrogens (primary N) is 1. The third kappa shape index (κ3) is 4.62. The van der Waals surface area contributed by atoms with Gasteiger partial charge in [0.1, 0.15) is 5.82 Å². The Morgan fingerprint density at radius 2 is 1.81 bits per heavy atom. The van der Waals surface area contributed by atoms with Gasteiger partial charge in [-0.3, -0.25) is 4.79 Å². The Morgan fingerprint density at radius 3 is 2.37 bits per heavy atom. The van der Waals surface area contributed by atoms with Crippen molar-refractivity contribution < 1.29 is 19.1 Å². The number of carbonyl (C=O) groups is 2. The number of benzene rings is 1. The average Bonchev–Trinajstić information content (AvgIpc) is 2.65. The van der Waals surface area contributed by atoms with Gasteiger partial charge in [-0.2, -0.15) is 0 Å². The van der Waals surface area contributed by atoms with Crippen molar-refractivity contribution in [3.05, 3.63) is 59.8 Å². The fourth-order valence-electron chi connectivity index (χ4n) is 3.15. The van der Waals surface area contributed by atoms with Gasteiger partial charge in [-0.05, 0) is 26.0 Å². The number of hydrogen-bond donors (Lipinski definition) is 1. The predicted molar refractivity (Wildman–Crippen MR) is 100 cm³/mol. The van der Waals surface area contributed by atoms with Crippen molar-refractivity contribution in [1.29, 1.82) is 0 Å². The summed E-state index contributed by atoms with van der Waals surface area (Å²) in [5, 5.41) is 0. The molecule has 7 nitrogen and oxygen atoms in total. The molecular weight excluding hydrogens is 346 g/mol. The first kappa shape index (κ1) is 18.8. The minimum Gasteiger partial charge on any atom is -0.444 e. The average molecular weight is 369 g/mol. The first-order valence-electron chi connectivity index (χ1n) is 8.85. The van der Waals surface area contributed by atoms with Crippen LogP contribution in [0.1, 0.15) is 35.9 Å². The van der Waals surface area contributed by atoms with E-state index in [4.69, 9.17) is 15.2 Å². The van der Waals surface area contributed by atoms with Crippen LogP contribution < -0.4 is 10.6 Å². The minimum absolute atomic E-state index is 0.113. The number of anilines is 1. The van der Waals surface area contributed by atoms with E-state index < -0.39 is 18.0 Å². The molecule has 2 heterocycles. The van der Waals surface area contributed by atoms with Crippen molar-refractivity contribution in [2.24, 2.45) is 5.73 Å². The molecule has 0 saturated carbocycles. The molecule has 0 unspecified atom stereocenters. The number of hydrogen-bond acceptors (Lipinski definition) is 6. The maximum Gasteiger partial charge on any atom is 0.340 e. The normalized spacial score (nSPS) is 20.7. The highest BCUT2D eigenvalue weighted by Crippen LogP contribution is 2.21. The van der Waals surface area contributed by atoms with Crippen LogP contribution in [0.3, 0.4) is 0 Å². The van der Waals surface area contributed by atoms with Crippen LogP contribution in [0, 0.1) is 0 Å². The van der Waals surface area contributed by atoms with Gasteiger partial charge in [-0.15, -0.1) is 0 Å². The van der Waals surface area contributed by atoms with Crippen molar-refractivity contribution in [2.45, 2.75) is 32.2 Å². The van der Waals surface area contributed by atoms with E-state index in [1.165, 1.54) is 6.20 Å². The maximum atomic E-state index is 12.4. The first-order valence-corrected chi connectivity index (χ1v) is 8.85. The van der Waals surface area contributed by atoms with E-state index in [1.54, 1.807) is 42.5 Å². The molecule has 0 bridgehead atoms. The number of esters is 1. The number of nitrogens with zero attached hydrogens (tertiary/aromatic N) is 2. The van der Waals surface area contributed by atoms with Gasteiger partial charge in [0.25, 0.3) is 5.91 Å². The summed E-state index contributed by atoms with van der Waals surface area (Å²) in [7, 11) is 0. The first-order chi connectivity index (χ1) is 12.9. The second kappa shape index (κ2) is 8.18. The molecule has 3 atom stereocenters. The maximum absolute atomic E-state index is 12.4. The third-order valence-corrected chi connectivity index (χ3v) is 4.31. The zero-order valence-corrected chi connectivity index (χ0v) is 15.4. The number of aromatic nitrogens is 1. The molecule has 27 heavy (non-hydrogen) atoms. The van der Waals surface area contributed by atoms with Crippen molar-refractivity contribution in [2.75, 3.05) is 18.0 Å². The van der Waals surface area contributed by atoms with Crippen LogP contribution in [0.15, 0.2) is 48.7 Å². The van der Waals surface area contributed by atoms with Crippen molar-refractivity contribution in [3.63, 3.8) is 0 Å². The smallest absolute Gasteiger partial charge is 0.340 e. The van der Waals surface area contributed by atoms with Crippen LogP contribution in [0.5, 0.6) is 0 Å². The molecule has 0 radical (unpaired) electrons. The predicted octanol–water partition coefficient (Wildman–Crippen LogP) is 2.08. The highest BCUT2D eigenvalue weighted by molar-refractivity contribution is 5.92. The highest BCUT2D eigenvalue weighted by Gasteiger charge is 2.25. The molecule has 3 rings (SSSR count). The number of carbonyl (C=O) groups excluding carboxylic acids is 2. The van der Waals surface area contributed by atoms with Gasteiger partial charge < -0.3 is 20.1 Å². The Bertz CT molecular complexity index is 785. The van der Waals surface area contributed by atoms with Crippen molar-refractivity contribution in [1.82, 2.24) is 4.98 Å². The highest BCUT2D eigenvalue weighted by atomic mass is 16.5. The lowest BCUT2D eigenvalue weighted by Crippen LogP contribution is -2.45. The van der Waals surface area contributed by atoms with E-state index >= 15 is 0 Å². The molecule has 1 fully saturated rings. The van der Waals surface area contributed by atoms with Gasteiger partial charge in [-0.25, -0.2) is 9.78 Å². The van der Waals surface area contributed by atoms with E-state index in [1.807, 2.05) is 13.8 Å². The van der Waals surface area contributed by atoms with Gasteiger partial charge in [0.15, 0.2) is 0 Å². The van der Waals surface area contributed by atoms with Gasteiger partial charge in [0.2, 0.25) is 6.10 Å². The van der Waals surface area contributed by atoms with Gasteiger partial charge in [0.05, 0.1) is 17.8 Å². The van der Waals surface area contributed by atoms with E-state index in [2.05, 4.69) is 9.88 Å². The zero-order chi connectivity index (χ0) is 19.4. The quantitative estimate of drug-likeness (QED) is 0.811. The van der Waals surface area contributed by atoms with E-state index in [9.17, 15) is 9.59 Å². The summed E-state index contributed by atoms with van der Waals surface area (Å²) in [6, 6.07) is 12.1. The molecule has 1 saturated heterocycles. The molecule has 0 spiro atoms. The molecule has 0 aliphatic carbocycles. The number of morpholine rings is 1. The molecule has 1 aromatic carbocycles. The molecule has 1 aromatic heterocycles. The lowest BCUT2D eigenvalue weighted by molar-refractivity contribution is -0.127. The fraction of sp³-hybridized carbons (Fsp3) is 0.350. The second-order valence-electron chi connectivity index (χ2n) is 6.67. The Kier molecular flexibility index (Phi) is 5.71. The number of pyridine rings is 1. The molecule has 1 amide bonds. The number of amides is 1. The number of primary amides is 1. The summed E-state index contributed by atoms with van der Waals surface area (Å²) in [5.74, 6) is -0.608. The lowest BCUT2D eigenvalue weighted by atomic mass is 10.1. The topological polar surface area (TPSA) is 94.8 Å². The summed E-state index contributed by atoms with van der Waals surface area (Å²) in [5.41, 5.74) is 6.18. The van der Waals surface area contributed by atoms with E-state index in [-0.39, 0.29) is 17.8 Å². The van der Waals surface area contributed by atoms with Crippen LogP contribution in [0.25, 0.3) is 0 Å². The Labute approximate surface area is 158 Å². The molecule has 2 N–H and O–H groups in total. The van der Waals surface area contributed by atoms with Gasteiger partial charge in [0, 0.05) is 24.8 Å². The summed E-state index contributed by atoms with van der Waals surface area (Å²) in [6.45, 7) is 5.50. The van der Waals surface area contributed by atoms with Gasteiger partial charge in [-0.1, -0.05) is 30.3 Å². The van der Waals surface area contributed by atoms with E-state index in [0.717, 1.165) is 18.9 Å². The largest absolute Gasteiger partial charge is 0.444 e. The summed E-state index contributed by atoms with van der Waals surface area (Å²) in [4.78, 5) is 30.6. The standard InChI is InChI=1S/C20H23N3O4/c1-13-11-23(12-14(2)26-13)17-9-8-16(10-22-17)20(25)27-18(19(21)24)15-6-4-3-5-7-15/h3-10,13-14,18H,11-12H2,1-2H3,(H2,21,24)/t13-,14-,18+/m1/s1. The van der Waals surface area contributed by atoms with Crippen LogP contribution in [0.4, 0.5) is 5.82 Å². The second-order valence-corrected chi connectivity index (χ2v) is 6.67.